The third-order valence-corrected chi connectivity index (χ3v) is 5.90. The van der Waals surface area contributed by atoms with E-state index >= 15 is 0 Å². The lowest BCUT2D eigenvalue weighted by atomic mass is 9.80. The van der Waals surface area contributed by atoms with Gasteiger partial charge in [0.25, 0.3) is 0 Å². The summed E-state index contributed by atoms with van der Waals surface area (Å²) < 4.78 is 1.15. The van der Waals surface area contributed by atoms with Gasteiger partial charge < -0.3 is 0 Å². The average Bonchev–Trinajstić information content (AvgIpc) is 2.37. The minimum atomic E-state index is 0.232. The molecule has 0 radical (unpaired) electrons. The van der Waals surface area contributed by atoms with E-state index in [-0.39, 0.29) is 5.41 Å². The molecule has 1 rings (SSSR count). The molecule has 96 valence electrons. The maximum atomic E-state index is 3.70. The molecule has 0 spiro atoms. The summed E-state index contributed by atoms with van der Waals surface area (Å²) in [5.74, 6) is 0. The van der Waals surface area contributed by atoms with Crippen LogP contribution in [0.4, 0.5) is 0 Å². The van der Waals surface area contributed by atoms with Crippen LogP contribution < -0.4 is 0 Å². The molecule has 1 aromatic carbocycles. The van der Waals surface area contributed by atoms with Crippen LogP contribution in [0.3, 0.4) is 0 Å². The van der Waals surface area contributed by atoms with E-state index < -0.39 is 0 Å². The van der Waals surface area contributed by atoms with E-state index in [1.165, 1.54) is 31.2 Å². The van der Waals surface area contributed by atoms with Gasteiger partial charge in [-0.2, -0.15) is 0 Å². The molecule has 0 unspecified atom stereocenters. The van der Waals surface area contributed by atoms with Crippen molar-refractivity contribution < 1.29 is 0 Å². The van der Waals surface area contributed by atoms with Crippen molar-refractivity contribution in [2.24, 2.45) is 0 Å². The summed E-state index contributed by atoms with van der Waals surface area (Å²) in [5.41, 5.74) is 1.65. The van der Waals surface area contributed by atoms with Gasteiger partial charge in [-0.05, 0) is 24.1 Å². The highest BCUT2D eigenvalue weighted by atomic mass is 79.9. The summed E-state index contributed by atoms with van der Waals surface area (Å²) in [5, 5.41) is 2.02. The highest BCUT2D eigenvalue weighted by Gasteiger charge is 2.29. The first-order valence-electron chi connectivity index (χ1n) is 6.06. The molecule has 0 aliphatic carbocycles. The van der Waals surface area contributed by atoms with Crippen LogP contribution in [-0.4, -0.2) is 10.7 Å². The minimum absolute atomic E-state index is 0.232. The number of alkyl halides is 2. The molecule has 1 aromatic rings. The maximum Gasteiger partial charge on any atom is 0.0175 e. The van der Waals surface area contributed by atoms with Crippen molar-refractivity contribution >= 4 is 47.8 Å². The van der Waals surface area contributed by atoms with Gasteiger partial charge in [-0.3, -0.25) is 0 Å². The zero-order chi connectivity index (χ0) is 12.7. The van der Waals surface area contributed by atoms with E-state index in [2.05, 4.69) is 79.0 Å². The van der Waals surface area contributed by atoms with Crippen LogP contribution in [0.25, 0.3) is 0 Å². The Morgan fingerprint density at radius 3 is 2.06 bits per heavy atom. The van der Waals surface area contributed by atoms with Crippen molar-refractivity contribution in [2.45, 2.75) is 38.0 Å². The van der Waals surface area contributed by atoms with Crippen molar-refractivity contribution in [2.75, 3.05) is 10.7 Å². The minimum Gasteiger partial charge on any atom is -0.0918 e. The Hall–Kier alpha value is 0.660. The Morgan fingerprint density at radius 1 is 1.00 bits per heavy atom. The largest absolute Gasteiger partial charge is 0.0918 e. The fraction of sp³-hybridized carbons (Fsp3) is 0.571. The van der Waals surface area contributed by atoms with Crippen LogP contribution >= 0.6 is 47.8 Å². The van der Waals surface area contributed by atoms with Crippen LogP contribution in [0, 0.1) is 0 Å². The molecule has 3 heteroatoms. The van der Waals surface area contributed by atoms with Gasteiger partial charge in [0.15, 0.2) is 0 Å². The van der Waals surface area contributed by atoms with Gasteiger partial charge in [0, 0.05) is 20.5 Å². The summed E-state index contributed by atoms with van der Waals surface area (Å²) in [7, 11) is 0. The van der Waals surface area contributed by atoms with Crippen molar-refractivity contribution in [3.63, 3.8) is 0 Å². The smallest absolute Gasteiger partial charge is 0.0175 e. The number of hydrogen-bond donors (Lipinski definition) is 0. The zero-order valence-corrected chi connectivity index (χ0v) is 14.9. The molecule has 0 aliphatic rings. The lowest BCUT2D eigenvalue weighted by Crippen LogP contribution is -2.30. The second kappa shape index (κ2) is 7.96. The summed E-state index contributed by atoms with van der Waals surface area (Å²) in [6.45, 7) is 2.25. The number of unbranched alkanes of at least 4 members (excludes halogenated alkanes) is 2. The molecule has 0 aromatic heterocycles. The summed E-state index contributed by atoms with van der Waals surface area (Å²) in [6, 6.07) is 8.74. The Morgan fingerprint density at radius 2 is 1.59 bits per heavy atom. The average molecular weight is 427 g/mol. The number of hydrogen-bond acceptors (Lipinski definition) is 0. The topological polar surface area (TPSA) is 0 Å². The summed E-state index contributed by atoms with van der Waals surface area (Å²) >= 11 is 10.9. The van der Waals surface area contributed by atoms with Crippen LogP contribution in [0.15, 0.2) is 28.7 Å². The first kappa shape index (κ1) is 15.7. The van der Waals surface area contributed by atoms with Gasteiger partial charge in [0.05, 0.1) is 0 Å². The second-order valence-corrected chi connectivity index (χ2v) is 6.55. The van der Waals surface area contributed by atoms with Crippen LogP contribution in [0.5, 0.6) is 0 Å². The monoisotopic (exact) mass is 424 g/mol. The molecule has 0 heterocycles. The number of halogens is 3. The van der Waals surface area contributed by atoms with Crippen LogP contribution in [0.1, 0.15) is 38.2 Å². The first-order chi connectivity index (χ1) is 8.18. The maximum absolute atomic E-state index is 3.70. The van der Waals surface area contributed by atoms with E-state index in [4.69, 9.17) is 0 Å². The standard InChI is InChI=1S/C14H19Br3/c1-2-3-4-9-14(10-15,11-16)12-5-7-13(17)8-6-12/h5-8H,2-4,9-11H2,1H3. The molecule has 0 N–H and O–H groups in total. The normalized spacial score (nSPS) is 11.8. The summed E-state index contributed by atoms with van der Waals surface area (Å²) in [6.07, 6.45) is 5.13. The van der Waals surface area contributed by atoms with Gasteiger partial charge in [-0.1, -0.05) is 86.1 Å². The van der Waals surface area contributed by atoms with E-state index in [1.807, 2.05) is 0 Å². The molecule has 0 atom stereocenters. The van der Waals surface area contributed by atoms with E-state index in [0.29, 0.717) is 0 Å². The molecular formula is C14H19Br3. The molecule has 0 saturated carbocycles. The fourth-order valence-electron chi connectivity index (χ4n) is 1.98. The highest BCUT2D eigenvalue weighted by Crippen LogP contribution is 2.34. The molecule has 0 fully saturated rings. The molecule has 0 nitrogen and oxygen atoms in total. The molecule has 0 bridgehead atoms. The zero-order valence-electron chi connectivity index (χ0n) is 10.2. The highest BCUT2D eigenvalue weighted by molar-refractivity contribution is 9.10. The van der Waals surface area contributed by atoms with Crippen LogP contribution in [-0.2, 0) is 5.41 Å². The lowest BCUT2D eigenvalue weighted by Gasteiger charge is -2.31. The predicted octanol–water partition coefficient (Wildman–Crippen LogP) is 6.06. The quantitative estimate of drug-likeness (QED) is 0.367. The van der Waals surface area contributed by atoms with Crippen molar-refractivity contribution in [1.29, 1.82) is 0 Å². The first-order valence-corrected chi connectivity index (χ1v) is 9.10. The van der Waals surface area contributed by atoms with Crippen molar-refractivity contribution in [1.82, 2.24) is 0 Å². The van der Waals surface area contributed by atoms with Gasteiger partial charge in [-0.15, -0.1) is 0 Å². The Kier molecular flexibility index (Phi) is 7.36. The van der Waals surface area contributed by atoms with Gasteiger partial charge in [0.2, 0.25) is 0 Å². The van der Waals surface area contributed by atoms with Crippen LogP contribution in [0.2, 0.25) is 0 Å². The van der Waals surface area contributed by atoms with E-state index in [9.17, 15) is 0 Å². The SMILES string of the molecule is CCCCCC(CBr)(CBr)c1ccc(Br)cc1. The molecule has 0 aliphatic heterocycles. The number of rotatable bonds is 7. The Labute approximate surface area is 130 Å². The Bertz CT molecular complexity index is 315. The molecule has 0 saturated heterocycles. The molecule has 17 heavy (non-hydrogen) atoms. The van der Waals surface area contributed by atoms with Gasteiger partial charge >= 0.3 is 0 Å². The summed E-state index contributed by atoms with van der Waals surface area (Å²) in [4.78, 5) is 0. The predicted molar refractivity (Wildman–Crippen MR) is 87.6 cm³/mol. The fourth-order valence-corrected chi connectivity index (χ4v) is 4.39. The Balaban J connectivity index is 2.85. The third kappa shape index (κ3) is 4.36. The van der Waals surface area contributed by atoms with E-state index in [0.717, 1.165) is 15.1 Å². The number of benzene rings is 1. The van der Waals surface area contributed by atoms with Gasteiger partial charge in [-0.25, -0.2) is 0 Å². The van der Waals surface area contributed by atoms with Crippen molar-refractivity contribution in [3.05, 3.63) is 34.3 Å². The van der Waals surface area contributed by atoms with E-state index in [1.54, 1.807) is 0 Å². The second-order valence-electron chi connectivity index (χ2n) is 4.51. The van der Waals surface area contributed by atoms with Crippen molar-refractivity contribution in [3.8, 4) is 0 Å². The third-order valence-electron chi connectivity index (χ3n) is 3.23. The van der Waals surface area contributed by atoms with Gasteiger partial charge in [0.1, 0.15) is 0 Å². The lowest BCUT2D eigenvalue weighted by molar-refractivity contribution is 0.471. The molecular weight excluding hydrogens is 408 g/mol. The molecule has 0 amide bonds.